The van der Waals surface area contributed by atoms with Gasteiger partial charge in [-0.05, 0) is 48.5 Å². The Kier molecular flexibility index (Phi) is 7.48. The van der Waals surface area contributed by atoms with Gasteiger partial charge in [0.1, 0.15) is 6.61 Å². The van der Waals surface area contributed by atoms with E-state index >= 15 is 0 Å². The molecule has 0 aliphatic carbocycles. The number of aromatic carboxylic acids is 1. The van der Waals surface area contributed by atoms with Crippen LogP contribution in [-0.4, -0.2) is 18.2 Å². The van der Waals surface area contributed by atoms with Crippen molar-refractivity contribution in [2.45, 2.75) is 13.2 Å². The van der Waals surface area contributed by atoms with Crippen LogP contribution < -0.4 is 14.8 Å². The number of carboxylic acids is 1. The summed E-state index contributed by atoms with van der Waals surface area (Å²) in [4.78, 5) is 11.0. The molecule has 3 aromatic rings. The van der Waals surface area contributed by atoms with Gasteiger partial charge in [-0.2, -0.15) is 0 Å². The molecule has 0 aromatic heterocycles. The molecular formula is C22H18BrCl2NO4. The summed E-state index contributed by atoms with van der Waals surface area (Å²) in [5.41, 5.74) is 2.52. The summed E-state index contributed by atoms with van der Waals surface area (Å²) in [5, 5.41) is 13.3. The zero-order chi connectivity index (χ0) is 21.7. The van der Waals surface area contributed by atoms with Gasteiger partial charge in [-0.3, -0.25) is 0 Å². The fraction of sp³-hybridized carbons (Fsp3) is 0.136. The summed E-state index contributed by atoms with van der Waals surface area (Å²) >= 11 is 16.1. The zero-order valence-electron chi connectivity index (χ0n) is 15.9. The van der Waals surface area contributed by atoms with Gasteiger partial charge < -0.3 is 19.9 Å². The number of halogens is 3. The fourth-order valence-corrected chi connectivity index (χ4v) is 3.76. The number of benzene rings is 3. The van der Waals surface area contributed by atoms with Crippen molar-refractivity contribution in [3.05, 3.63) is 85.8 Å². The van der Waals surface area contributed by atoms with Crippen LogP contribution in [0.4, 0.5) is 5.69 Å². The molecule has 0 atom stereocenters. The Bertz CT molecular complexity index is 1040. The second-order valence-corrected chi connectivity index (χ2v) is 7.95. The first-order valence-corrected chi connectivity index (χ1v) is 10.4. The van der Waals surface area contributed by atoms with E-state index < -0.39 is 5.97 Å². The number of ether oxygens (including phenoxy) is 2. The molecule has 0 aliphatic rings. The molecule has 0 unspecified atom stereocenters. The quantitative estimate of drug-likeness (QED) is 0.355. The lowest BCUT2D eigenvalue weighted by atomic mass is 10.1. The largest absolute Gasteiger partial charge is 0.493 e. The minimum Gasteiger partial charge on any atom is -0.493 e. The number of anilines is 1. The van der Waals surface area contributed by atoms with Crippen LogP contribution in [0.25, 0.3) is 0 Å². The molecule has 0 amide bonds. The summed E-state index contributed by atoms with van der Waals surface area (Å²) in [6, 6.07) is 15.5. The zero-order valence-corrected chi connectivity index (χ0v) is 19.0. The smallest absolute Gasteiger partial charge is 0.335 e. The van der Waals surface area contributed by atoms with Crippen molar-refractivity contribution in [3.63, 3.8) is 0 Å². The molecule has 0 spiro atoms. The number of carbonyl (C=O) groups is 1. The maximum atomic E-state index is 11.0. The lowest BCUT2D eigenvalue weighted by Crippen LogP contribution is -2.07. The van der Waals surface area contributed by atoms with E-state index in [1.165, 1.54) is 0 Å². The van der Waals surface area contributed by atoms with Crippen molar-refractivity contribution in [1.29, 1.82) is 0 Å². The maximum Gasteiger partial charge on any atom is 0.335 e. The Labute approximate surface area is 192 Å². The molecule has 0 radical (unpaired) electrons. The molecule has 0 aliphatic heterocycles. The predicted octanol–water partition coefficient (Wildman–Crippen LogP) is 6.65. The summed E-state index contributed by atoms with van der Waals surface area (Å²) in [5.74, 6) is 0.155. The molecule has 0 heterocycles. The highest BCUT2D eigenvalue weighted by Gasteiger charge is 2.16. The van der Waals surface area contributed by atoms with E-state index in [1.807, 2.05) is 6.07 Å². The Hall–Kier alpha value is -2.41. The molecule has 0 bridgehead atoms. The van der Waals surface area contributed by atoms with Crippen LogP contribution >= 0.6 is 39.1 Å². The van der Waals surface area contributed by atoms with Gasteiger partial charge in [0, 0.05) is 37.9 Å². The molecule has 0 fully saturated rings. The van der Waals surface area contributed by atoms with Gasteiger partial charge >= 0.3 is 5.97 Å². The third-order valence-corrected chi connectivity index (χ3v) is 5.86. The third kappa shape index (κ3) is 5.19. The average molecular weight is 511 g/mol. The summed E-state index contributed by atoms with van der Waals surface area (Å²) < 4.78 is 12.4. The van der Waals surface area contributed by atoms with Crippen molar-refractivity contribution < 1.29 is 19.4 Å². The highest BCUT2D eigenvalue weighted by Crippen LogP contribution is 2.38. The van der Waals surface area contributed by atoms with E-state index in [1.54, 1.807) is 55.6 Å². The highest BCUT2D eigenvalue weighted by atomic mass is 79.9. The van der Waals surface area contributed by atoms with E-state index in [4.69, 9.17) is 37.8 Å². The molecule has 30 heavy (non-hydrogen) atoms. The first-order chi connectivity index (χ1) is 14.4. The maximum absolute atomic E-state index is 11.0. The standard InChI is InChI=1S/C22H18BrCl2NO4/c1-29-20-10-9-17(23)15(11-26-14-7-5-13(6-8-14)22(27)28)21(20)30-12-16-18(24)3-2-4-19(16)25/h2-10,26H,11-12H2,1H3,(H,27,28). The minimum absolute atomic E-state index is 0.172. The topological polar surface area (TPSA) is 67.8 Å². The number of rotatable bonds is 8. The van der Waals surface area contributed by atoms with Crippen molar-refractivity contribution in [2.75, 3.05) is 12.4 Å². The number of hydrogen-bond donors (Lipinski definition) is 2. The summed E-state index contributed by atoms with van der Waals surface area (Å²) in [6.45, 7) is 0.585. The Morgan fingerprint density at radius 1 is 1.03 bits per heavy atom. The molecule has 156 valence electrons. The number of methoxy groups -OCH3 is 1. The molecule has 3 aromatic carbocycles. The van der Waals surface area contributed by atoms with Gasteiger partial charge in [-0.15, -0.1) is 0 Å². The van der Waals surface area contributed by atoms with Crippen LogP contribution in [0.3, 0.4) is 0 Å². The van der Waals surface area contributed by atoms with Crippen LogP contribution in [-0.2, 0) is 13.2 Å². The highest BCUT2D eigenvalue weighted by molar-refractivity contribution is 9.10. The third-order valence-electron chi connectivity index (χ3n) is 4.41. The van der Waals surface area contributed by atoms with Crippen LogP contribution in [0.1, 0.15) is 21.5 Å². The predicted molar refractivity (Wildman–Crippen MR) is 122 cm³/mol. The molecule has 0 saturated heterocycles. The van der Waals surface area contributed by atoms with Crippen LogP contribution in [0.15, 0.2) is 59.1 Å². The molecule has 2 N–H and O–H groups in total. The first kappa shape index (κ1) is 22.3. The molecule has 3 rings (SSSR count). The normalized spacial score (nSPS) is 10.5. The number of hydrogen-bond acceptors (Lipinski definition) is 4. The van der Waals surface area contributed by atoms with Crippen molar-refractivity contribution in [2.24, 2.45) is 0 Å². The van der Waals surface area contributed by atoms with Gasteiger partial charge in [0.15, 0.2) is 11.5 Å². The van der Waals surface area contributed by atoms with Gasteiger partial charge in [-0.1, -0.05) is 45.2 Å². The van der Waals surface area contributed by atoms with Crippen molar-refractivity contribution >= 4 is 50.8 Å². The van der Waals surface area contributed by atoms with E-state index in [0.717, 1.165) is 15.7 Å². The van der Waals surface area contributed by atoms with Crippen LogP contribution in [0.2, 0.25) is 10.0 Å². The minimum atomic E-state index is -0.967. The first-order valence-electron chi connectivity index (χ1n) is 8.89. The number of carboxylic acid groups (broad SMARTS) is 1. The van der Waals surface area contributed by atoms with Crippen molar-refractivity contribution in [3.8, 4) is 11.5 Å². The van der Waals surface area contributed by atoms with E-state index in [9.17, 15) is 4.79 Å². The van der Waals surface area contributed by atoms with Crippen LogP contribution in [0, 0.1) is 0 Å². The monoisotopic (exact) mass is 509 g/mol. The van der Waals surface area contributed by atoms with Crippen LogP contribution in [0.5, 0.6) is 11.5 Å². The summed E-state index contributed by atoms with van der Waals surface area (Å²) in [6.07, 6.45) is 0. The average Bonchev–Trinajstić information content (AvgIpc) is 2.73. The lowest BCUT2D eigenvalue weighted by molar-refractivity contribution is 0.0697. The van der Waals surface area contributed by atoms with E-state index in [0.29, 0.717) is 33.7 Å². The van der Waals surface area contributed by atoms with E-state index in [-0.39, 0.29) is 12.2 Å². The molecule has 8 heteroatoms. The second kappa shape index (κ2) is 10.1. The second-order valence-electron chi connectivity index (χ2n) is 6.28. The van der Waals surface area contributed by atoms with Gasteiger partial charge in [0.05, 0.1) is 12.7 Å². The molecule has 5 nitrogen and oxygen atoms in total. The Morgan fingerprint density at radius 2 is 1.70 bits per heavy atom. The molecule has 0 saturated carbocycles. The SMILES string of the molecule is COc1ccc(Br)c(CNc2ccc(C(=O)O)cc2)c1OCc1c(Cl)cccc1Cl. The molecular weight excluding hydrogens is 493 g/mol. The van der Waals surface area contributed by atoms with Crippen molar-refractivity contribution in [1.82, 2.24) is 0 Å². The number of nitrogens with one attached hydrogen (secondary N) is 1. The van der Waals surface area contributed by atoms with Gasteiger partial charge in [0.2, 0.25) is 0 Å². The lowest BCUT2D eigenvalue weighted by Gasteiger charge is -2.18. The van der Waals surface area contributed by atoms with Gasteiger partial charge in [0.25, 0.3) is 0 Å². The summed E-state index contributed by atoms with van der Waals surface area (Å²) in [7, 11) is 1.57. The Balaban J connectivity index is 1.84. The fourth-order valence-electron chi connectivity index (χ4n) is 2.80. The van der Waals surface area contributed by atoms with Gasteiger partial charge in [-0.25, -0.2) is 4.79 Å². The Morgan fingerprint density at radius 3 is 2.30 bits per heavy atom. The van der Waals surface area contributed by atoms with E-state index in [2.05, 4.69) is 21.2 Å².